The van der Waals surface area contributed by atoms with Gasteiger partial charge in [0.1, 0.15) is 5.78 Å². The van der Waals surface area contributed by atoms with Gasteiger partial charge < -0.3 is 9.64 Å². The van der Waals surface area contributed by atoms with Gasteiger partial charge in [-0.3, -0.25) is 4.79 Å². The number of ether oxygens (including phenoxy) is 1. The van der Waals surface area contributed by atoms with Crippen LogP contribution in [0.2, 0.25) is 0 Å². The Morgan fingerprint density at radius 1 is 1.29 bits per heavy atom. The van der Waals surface area contributed by atoms with Crippen molar-refractivity contribution in [1.82, 2.24) is 4.90 Å². The average molecular weight is 239 g/mol. The quantitative estimate of drug-likeness (QED) is 0.608. The minimum Gasteiger partial charge on any atom is -0.380 e. The number of likely N-dealkylation sites (N-methyl/N-ethyl adjacent to an activating group) is 1. The summed E-state index contributed by atoms with van der Waals surface area (Å²) in [6.07, 6.45) is 6.80. The van der Waals surface area contributed by atoms with Crippen molar-refractivity contribution >= 4 is 5.78 Å². The van der Waals surface area contributed by atoms with E-state index in [2.05, 4.69) is 11.9 Å². The van der Waals surface area contributed by atoms with Gasteiger partial charge in [-0.25, -0.2) is 0 Å². The van der Waals surface area contributed by atoms with Gasteiger partial charge in [-0.2, -0.15) is 0 Å². The van der Waals surface area contributed by atoms with Crippen molar-refractivity contribution in [2.75, 3.05) is 33.4 Å². The van der Waals surface area contributed by atoms with Crippen LogP contribution in [-0.4, -0.2) is 44.0 Å². The molecule has 1 atom stereocenters. The van der Waals surface area contributed by atoms with Gasteiger partial charge in [-0.05, 0) is 51.6 Å². The molecule has 0 spiro atoms. The van der Waals surface area contributed by atoms with Gasteiger partial charge in [0.2, 0.25) is 0 Å². The van der Waals surface area contributed by atoms with Crippen LogP contribution in [0.1, 0.15) is 38.5 Å². The predicted molar refractivity (Wildman–Crippen MR) is 68.0 cm³/mol. The van der Waals surface area contributed by atoms with E-state index >= 15 is 0 Å². The Bertz CT molecular complexity index is 251. The standard InChI is InChI=1S/C14H25NO2/c1-15(9-10-17-11-12-5-6-12)8-7-13-3-2-4-14(13)16/h12-13H,2-11H2,1H3. The van der Waals surface area contributed by atoms with Gasteiger partial charge >= 0.3 is 0 Å². The first-order valence-corrected chi connectivity index (χ1v) is 7.04. The van der Waals surface area contributed by atoms with Crippen molar-refractivity contribution in [3.8, 4) is 0 Å². The average Bonchev–Trinajstić information content (AvgIpc) is 3.05. The topological polar surface area (TPSA) is 29.5 Å². The highest BCUT2D eigenvalue weighted by atomic mass is 16.5. The van der Waals surface area contributed by atoms with Gasteiger partial charge in [0.25, 0.3) is 0 Å². The highest BCUT2D eigenvalue weighted by Gasteiger charge is 2.24. The zero-order valence-electron chi connectivity index (χ0n) is 11.0. The van der Waals surface area contributed by atoms with Crippen molar-refractivity contribution in [2.24, 2.45) is 11.8 Å². The Morgan fingerprint density at radius 3 is 2.76 bits per heavy atom. The number of Topliss-reactive ketones (excluding diaryl/α,β-unsaturated/α-hetero) is 1. The molecule has 0 aliphatic heterocycles. The lowest BCUT2D eigenvalue weighted by Gasteiger charge is -2.18. The molecule has 0 aromatic carbocycles. The minimum atomic E-state index is 0.352. The number of carbonyl (C=O) groups is 1. The first kappa shape index (κ1) is 13.0. The smallest absolute Gasteiger partial charge is 0.136 e. The molecule has 0 bridgehead atoms. The second-order valence-electron chi connectivity index (χ2n) is 5.67. The van der Waals surface area contributed by atoms with Crippen LogP contribution in [0.4, 0.5) is 0 Å². The van der Waals surface area contributed by atoms with Crippen LogP contribution < -0.4 is 0 Å². The molecule has 0 N–H and O–H groups in total. The molecule has 2 saturated carbocycles. The first-order valence-electron chi connectivity index (χ1n) is 7.04. The molecular formula is C14H25NO2. The van der Waals surface area contributed by atoms with E-state index in [9.17, 15) is 4.79 Å². The maximum absolute atomic E-state index is 11.5. The predicted octanol–water partition coefficient (Wildman–Crippen LogP) is 2.10. The summed E-state index contributed by atoms with van der Waals surface area (Å²) in [5.41, 5.74) is 0. The van der Waals surface area contributed by atoms with Gasteiger partial charge in [0.15, 0.2) is 0 Å². The highest BCUT2D eigenvalue weighted by molar-refractivity contribution is 5.82. The van der Waals surface area contributed by atoms with Crippen LogP contribution in [0.25, 0.3) is 0 Å². The molecule has 2 aliphatic carbocycles. The number of hydrogen-bond acceptors (Lipinski definition) is 3. The highest BCUT2D eigenvalue weighted by Crippen LogP contribution is 2.28. The Morgan fingerprint density at radius 2 is 2.12 bits per heavy atom. The van der Waals surface area contributed by atoms with E-state index in [1.165, 1.54) is 12.8 Å². The molecule has 0 saturated heterocycles. The van der Waals surface area contributed by atoms with Crippen molar-refractivity contribution in [3.05, 3.63) is 0 Å². The third-order valence-corrected chi connectivity index (χ3v) is 3.96. The fraction of sp³-hybridized carbons (Fsp3) is 0.929. The van der Waals surface area contributed by atoms with E-state index in [1.807, 2.05) is 0 Å². The molecule has 0 aromatic heterocycles. The lowest BCUT2D eigenvalue weighted by atomic mass is 10.0. The van der Waals surface area contributed by atoms with E-state index in [0.29, 0.717) is 11.7 Å². The van der Waals surface area contributed by atoms with Crippen LogP contribution in [0, 0.1) is 11.8 Å². The Hall–Kier alpha value is -0.410. The summed E-state index contributed by atoms with van der Waals surface area (Å²) in [5, 5.41) is 0. The van der Waals surface area contributed by atoms with E-state index in [0.717, 1.165) is 57.9 Å². The van der Waals surface area contributed by atoms with E-state index < -0.39 is 0 Å². The molecule has 0 aromatic rings. The van der Waals surface area contributed by atoms with Crippen LogP contribution in [0.3, 0.4) is 0 Å². The molecular weight excluding hydrogens is 214 g/mol. The SMILES string of the molecule is CN(CCOCC1CC1)CCC1CCCC1=O. The minimum absolute atomic E-state index is 0.352. The maximum Gasteiger partial charge on any atom is 0.136 e. The molecule has 0 amide bonds. The van der Waals surface area contributed by atoms with Crippen LogP contribution >= 0.6 is 0 Å². The van der Waals surface area contributed by atoms with Crippen LogP contribution in [0.5, 0.6) is 0 Å². The first-order chi connectivity index (χ1) is 8.25. The third kappa shape index (κ3) is 4.76. The van der Waals surface area contributed by atoms with E-state index in [-0.39, 0.29) is 0 Å². The largest absolute Gasteiger partial charge is 0.380 e. The van der Waals surface area contributed by atoms with Crippen molar-refractivity contribution < 1.29 is 9.53 Å². The van der Waals surface area contributed by atoms with Crippen LogP contribution in [0.15, 0.2) is 0 Å². The molecule has 2 rings (SSSR count). The third-order valence-electron chi connectivity index (χ3n) is 3.96. The lowest BCUT2D eigenvalue weighted by Crippen LogP contribution is -2.26. The fourth-order valence-electron chi connectivity index (χ4n) is 2.44. The molecule has 17 heavy (non-hydrogen) atoms. The van der Waals surface area contributed by atoms with Crippen LogP contribution in [-0.2, 0) is 9.53 Å². The fourth-order valence-corrected chi connectivity index (χ4v) is 2.44. The zero-order chi connectivity index (χ0) is 12.1. The monoisotopic (exact) mass is 239 g/mol. The molecule has 3 nitrogen and oxygen atoms in total. The molecule has 3 heteroatoms. The van der Waals surface area contributed by atoms with Crippen molar-refractivity contribution in [3.63, 3.8) is 0 Å². The summed E-state index contributed by atoms with van der Waals surface area (Å²) < 4.78 is 5.61. The summed E-state index contributed by atoms with van der Waals surface area (Å²) in [4.78, 5) is 13.8. The number of nitrogens with zero attached hydrogens (tertiary/aromatic N) is 1. The van der Waals surface area contributed by atoms with E-state index in [4.69, 9.17) is 4.74 Å². The molecule has 0 radical (unpaired) electrons. The van der Waals surface area contributed by atoms with Gasteiger partial charge in [-0.1, -0.05) is 0 Å². The summed E-state index contributed by atoms with van der Waals surface area (Å²) in [6.45, 7) is 3.82. The Kier molecular flexibility index (Phi) is 4.99. The van der Waals surface area contributed by atoms with Crippen molar-refractivity contribution in [2.45, 2.75) is 38.5 Å². The molecule has 98 valence electrons. The molecule has 1 unspecified atom stereocenters. The molecule has 2 aliphatic rings. The number of hydrogen-bond donors (Lipinski definition) is 0. The summed E-state index contributed by atoms with van der Waals surface area (Å²) in [7, 11) is 2.12. The molecule has 0 heterocycles. The number of ketones is 1. The lowest BCUT2D eigenvalue weighted by molar-refractivity contribution is -0.120. The van der Waals surface area contributed by atoms with E-state index in [1.54, 1.807) is 0 Å². The molecule has 2 fully saturated rings. The number of carbonyl (C=O) groups excluding carboxylic acids is 1. The zero-order valence-corrected chi connectivity index (χ0v) is 11.0. The maximum atomic E-state index is 11.5. The normalized spacial score (nSPS) is 24.8. The summed E-state index contributed by atoms with van der Waals surface area (Å²) in [6, 6.07) is 0. The second-order valence-corrected chi connectivity index (χ2v) is 5.67. The summed E-state index contributed by atoms with van der Waals surface area (Å²) >= 11 is 0. The Balaban J connectivity index is 1.47. The van der Waals surface area contributed by atoms with Gasteiger partial charge in [0, 0.05) is 25.5 Å². The second kappa shape index (κ2) is 6.50. The summed E-state index contributed by atoms with van der Waals surface area (Å²) in [5.74, 6) is 1.70. The van der Waals surface area contributed by atoms with Gasteiger partial charge in [0.05, 0.1) is 6.61 Å². The van der Waals surface area contributed by atoms with Gasteiger partial charge in [-0.15, -0.1) is 0 Å². The number of rotatable bonds is 8. The van der Waals surface area contributed by atoms with Crippen molar-refractivity contribution in [1.29, 1.82) is 0 Å². The Labute approximate surface area is 105 Å².